The van der Waals surface area contributed by atoms with Crippen LogP contribution in [0.4, 0.5) is 0 Å². The lowest BCUT2D eigenvalue weighted by Crippen LogP contribution is -2.43. The van der Waals surface area contributed by atoms with Crippen molar-refractivity contribution >= 4 is 8.80 Å². The van der Waals surface area contributed by atoms with Crippen LogP contribution in [0, 0.1) is 0 Å². The molecule has 158 valence electrons. The van der Waals surface area contributed by atoms with Gasteiger partial charge in [0.05, 0.1) is 6.61 Å². The normalized spacial score (nSPS) is 12.0. The molecule has 1 heterocycles. The van der Waals surface area contributed by atoms with Crippen LogP contribution >= 0.6 is 0 Å². The average Bonchev–Trinajstić information content (AvgIpc) is 3.14. The highest BCUT2D eigenvalue weighted by molar-refractivity contribution is 6.60. The molecule has 5 nitrogen and oxygen atoms in total. The molecule has 0 unspecified atom stereocenters. The van der Waals surface area contributed by atoms with E-state index >= 15 is 0 Å². The number of rotatable bonds is 18. The van der Waals surface area contributed by atoms with Crippen LogP contribution in [0.2, 0.25) is 6.04 Å². The molecule has 27 heavy (non-hydrogen) atoms. The predicted molar refractivity (Wildman–Crippen MR) is 114 cm³/mol. The fourth-order valence-corrected chi connectivity index (χ4v) is 5.33. The zero-order chi connectivity index (χ0) is 19.8. The van der Waals surface area contributed by atoms with E-state index in [0.29, 0.717) is 6.61 Å². The molecule has 0 bridgehead atoms. The van der Waals surface area contributed by atoms with Crippen molar-refractivity contribution in [3.63, 3.8) is 0 Å². The van der Waals surface area contributed by atoms with E-state index in [1.54, 1.807) is 14.2 Å². The van der Waals surface area contributed by atoms with E-state index in [2.05, 4.69) is 29.6 Å². The van der Waals surface area contributed by atoms with Crippen molar-refractivity contribution in [2.75, 3.05) is 14.2 Å². The van der Waals surface area contributed by atoms with E-state index in [0.717, 1.165) is 24.8 Å². The minimum Gasteiger partial charge on any atom is -0.377 e. The Balaban J connectivity index is 2.22. The second-order valence-electron chi connectivity index (χ2n) is 7.35. The van der Waals surface area contributed by atoms with E-state index in [4.69, 9.17) is 13.3 Å². The molecule has 0 atom stereocenters. The number of imidazole rings is 1. The molecule has 0 aromatic carbocycles. The van der Waals surface area contributed by atoms with Gasteiger partial charge in [-0.15, -0.1) is 0 Å². The molecule has 0 aliphatic heterocycles. The Labute approximate surface area is 168 Å². The Bertz CT molecular complexity index is 464. The summed E-state index contributed by atoms with van der Waals surface area (Å²) in [5.41, 5.74) is 0. The molecular formula is C21H42N2O3Si. The summed E-state index contributed by atoms with van der Waals surface area (Å²) in [6.45, 7) is 5.86. The lowest BCUT2D eigenvalue weighted by molar-refractivity contribution is 0.0874. The van der Waals surface area contributed by atoms with Crippen LogP contribution in [-0.2, 0) is 26.4 Å². The Morgan fingerprint density at radius 1 is 0.852 bits per heavy atom. The number of hydrogen-bond acceptors (Lipinski definition) is 4. The third kappa shape index (κ3) is 9.88. The van der Waals surface area contributed by atoms with Crippen molar-refractivity contribution < 1.29 is 13.3 Å². The SMILES string of the molecule is CCCCCCCCCCCCn1ccnc1CO[Si](CCC)(OC)OC. The molecule has 0 radical (unpaired) electrons. The number of hydrogen-bond donors (Lipinski definition) is 0. The molecule has 1 rings (SSSR count). The molecule has 0 N–H and O–H groups in total. The summed E-state index contributed by atoms with van der Waals surface area (Å²) in [6, 6.07) is 0.832. The average molecular weight is 399 g/mol. The third-order valence-corrected chi connectivity index (χ3v) is 8.09. The maximum atomic E-state index is 6.06. The van der Waals surface area contributed by atoms with Crippen LogP contribution in [0.5, 0.6) is 0 Å². The zero-order valence-electron chi connectivity index (χ0n) is 18.2. The summed E-state index contributed by atoms with van der Waals surface area (Å²) in [4.78, 5) is 4.46. The minimum atomic E-state index is -2.54. The topological polar surface area (TPSA) is 45.5 Å². The van der Waals surface area contributed by atoms with Crippen LogP contribution in [-0.4, -0.2) is 32.6 Å². The third-order valence-electron chi connectivity index (χ3n) is 5.15. The van der Waals surface area contributed by atoms with Crippen molar-refractivity contribution in [2.24, 2.45) is 0 Å². The Morgan fingerprint density at radius 3 is 2.00 bits per heavy atom. The molecule has 0 saturated carbocycles. The highest BCUT2D eigenvalue weighted by Crippen LogP contribution is 2.18. The second-order valence-corrected chi connectivity index (χ2v) is 10.3. The van der Waals surface area contributed by atoms with Crippen LogP contribution in [0.15, 0.2) is 12.4 Å². The Kier molecular flexibility index (Phi) is 13.8. The fraction of sp³-hybridized carbons (Fsp3) is 0.857. The van der Waals surface area contributed by atoms with Crippen molar-refractivity contribution in [3.05, 3.63) is 18.2 Å². The molecule has 1 aromatic heterocycles. The number of aromatic nitrogens is 2. The summed E-state index contributed by atoms with van der Waals surface area (Å²) in [5, 5.41) is 0. The highest BCUT2D eigenvalue weighted by Gasteiger charge is 2.38. The van der Waals surface area contributed by atoms with Gasteiger partial charge in [0.25, 0.3) is 0 Å². The maximum Gasteiger partial charge on any atom is 0.500 e. The minimum absolute atomic E-state index is 0.457. The summed E-state index contributed by atoms with van der Waals surface area (Å²) >= 11 is 0. The molecule has 6 heteroatoms. The fourth-order valence-electron chi connectivity index (χ4n) is 3.41. The van der Waals surface area contributed by atoms with Crippen molar-refractivity contribution in [2.45, 2.75) is 104 Å². The van der Waals surface area contributed by atoms with Gasteiger partial charge in [0.2, 0.25) is 0 Å². The van der Waals surface area contributed by atoms with Crippen molar-refractivity contribution in [1.29, 1.82) is 0 Å². The van der Waals surface area contributed by atoms with Gasteiger partial charge in [0.1, 0.15) is 5.82 Å². The van der Waals surface area contributed by atoms with Gasteiger partial charge in [-0.25, -0.2) is 4.98 Å². The molecule has 0 amide bonds. The van der Waals surface area contributed by atoms with E-state index in [9.17, 15) is 0 Å². The van der Waals surface area contributed by atoms with Crippen molar-refractivity contribution in [1.82, 2.24) is 9.55 Å². The predicted octanol–water partition coefficient (Wildman–Crippen LogP) is 5.96. The highest BCUT2D eigenvalue weighted by atomic mass is 28.4. The molecule has 0 fully saturated rings. The first kappa shape index (κ1) is 24.3. The smallest absolute Gasteiger partial charge is 0.377 e. The molecule has 1 aromatic rings. The number of nitrogens with zero attached hydrogens (tertiary/aromatic N) is 2. The lowest BCUT2D eigenvalue weighted by atomic mass is 10.1. The van der Waals surface area contributed by atoms with E-state index < -0.39 is 8.80 Å². The van der Waals surface area contributed by atoms with Gasteiger partial charge in [-0.1, -0.05) is 78.1 Å². The summed E-state index contributed by atoms with van der Waals surface area (Å²) in [6.07, 6.45) is 18.5. The van der Waals surface area contributed by atoms with E-state index in [1.165, 1.54) is 64.2 Å². The van der Waals surface area contributed by atoms with Gasteiger partial charge in [0.15, 0.2) is 0 Å². The van der Waals surface area contributed by atoms with Crippen molar-refractivity contribution in [3.8, 4) is 0 Å². The second kappa shape index (κ2) is 15.3. The first-order valence-electron chi connectivity index (χ1n) is 11.0. The number of unbranched alkanes of at least 4 members (excludes halogenated alkanes) is 9. The Hall–Kier alpha value is -0.693. The molecule has 0 aliphatic carbocycles. The van der Waals surface area contributed by atoms with Gasteiger partial charge in [-0.2, -0.15) is 0 Å². The molecule has 0 aliphatic rings. The standard InChI is InChI=1S/C21H42N2O3Si/c1-5-7-8-9-10-11-12-13-14-15-17-23-18-16-22-21(23)20-26-27(24-3,25-4)19-6-2/h16,18H,5-15,17,19-20H2,1-4H3. The molecular weight excluding hydrogens is 356 g/mol. The van der Waals surface area contributed by atoms with Crippen LogP contribution < -0.4 is 0 Å². The summed E-state index contributed by atoms with van der Waals surface area (Å²) in [5.74, 6) is 0.966. The van der Waals surface area contributed by atoms with E-state index in [1.807, 2.05) is 6.20 Å². The van der Waals surface area contributed by atoms with Crippen LogP contribution in [0.1, 0.15) is 90.3 Å². The van der Waals surface area contributed by atoms with Gasteiger partial charge in [-0.3, -0.25) is 0 Å². The summed E-state index contributed by atoms with van der Waals surface area (Å²) in [7, 11) is 0.823. The molecule has 0 saturated heterocycles. The first-order chi connectivity index (χ1) is 13.2. The largest absolute Gasteiger partial charge is 0.500 e. The Morgan fingerprint density at radius 2 is 1.44 bits per heavy atom. The monoisotopic (exact) mass is 398 g/mol. The zero-order valence-corrected chi connectivity index (χ0v) is 19.2. The number of aryl methyl sites for hydroxylation is 1. The first-order valence-corrected chi connectivity index (χ1v) is 12.9. The summed E-state index contributed by atoms with van der Waals surface area (Å²) < 4.78 is 19.5. The quantitative estimate of drug-likeness (QED) is 0.226. The van der Waals surface area contributed by atoms with Gasteiger partial charge >= 0.3 is 8.80 Å². The maximum absolute atomic E-state index is 6.06. The van der Waals surface area contributed by atoms with Gasteiger partial charge in [0, 0.05) is 39.2 Å². The van der Waals surface area contributed by atoms with Gasteiger partial charge in [-0.05, 0) is 6.42 Å². The van der Waals surface area contributed by atoms with Gasteiger partial charge < -0.3 is 17.8 Å². The van der Waals surface area contributed by atoms with Crippen LogP contribution in [0.25, 0.3) is 0 Å². The molecule has 0 spiro atoms. The van der Waals surface area contributed by atoms with Crippen LogP contribution in [0.3, 0.4) is 0 Å². The van der Waals surface area contributed by atoms with E-state index in [-0.39, 0.29) is 0 Å². The lowest BCUT2D eigenvalue weighted by Gasteiger charge is -2.25.